The molecule has 2 aromatic rings. The fourth-order valence-electron chi connectivity index (χ4n) is 2.91. The predicted octanol–water partition coefficient (Wildman–Crippen LogP) is 2.22. The third-order valence-corrected chi connectivity index (χ3v) is 4.06. The van der Waals surface area contributed by atoms with E-state index in [-0.39, 0.29) is 11.3 Å². The smallest absolute Gasteiger partial charge is 0.265 e. The van der Waals surface area contributed by atoms with E-state index in [1.165, 1.54) is 7.11 Å². The Morgan fingerprint density at radius 1 is 1.26 bits per heavy atom. The quantitative estimate of drug-likeness (QED) is 0.810. The molecule has 6 nitrogen and oxygen atoms in total. The van der Waals surface area contributed by atoms with Gasteiger partial charge in [-0.15, -0.1) is 0 Å². The van der Waals surface area contributed by atoms with E-state index in [0.717, 1.165) is 18.5 Å². The number of carbonyl (C=O) groups excluding carboxylic acids is 1. The summed E-state index contributed by atoms with van der Waals surface area (Å²) in [6.07, 6.45) is 3.27. The summed E-state index contributed by atoms with van der Waals surface area (Å²) in [7, 11) is 1.49. The minimum Gasteiger partial charge on any atom is -0.507 e. The number of carbonyl (C=O) groups is 1. The number of fused-ring (bicyclic) bond motifs is 1. The van der Waals surface area contributed by atoms with Gasteiger partial charge in [0, 0.05) is 11.3 Å². The summed E-state index contributed by atoms with van der Waals surface area (Å²) in [6, 6.07) is 6.89. The van der Waals surface area contributed by atoms with Crippen LogP contribution in [0.5, 0.6) is 11.5 Å². The first-order chi connectivity index (χ1) is 11.1. The van der Waals surface area contributed by atoms with Crippen LogP contribution in [0.2, 0.25) is 0 Å². The molecule has 1 aliphatic rings. The molecule has 6 heteroatoms. The van der Waals surface area contributed by atoms with Gasteiger partial charge in [-0.2, -0.15) is 0 Å². The maximum Gasteiger partial charge on any atom is 0.265 e. The zero-order chi connectivity index (χ0) is 16.4. The molecule has 1 aromatic carbocycles. The highest BCUT2D eigenvalue weighted by Gasteiger charge is 2.24. The molecule has 0 fully saturated rings. The molecule has 0 saturated heterocycles. The van der Waals surface area contributed by atoms with E-state index in [0.29, 0.717) is 29.8 Å². The van der Waals surface area contributed by atoms with Gasteiger partial charge in [0.25, 0.3) is 11.5 Å². The standard InChI is InChI=1S/C17H18N2O4/c1-23-13-9-5-4-8-12(13)19-17(22)14-15(20)10-6-2-3-7-11(10)18-16(14)21/h4-5,8-9H,2-3,6-7H2,1H3,(H,19,22)(H2,18,20,21). The van der Waals surface area contributed by atoms with Crippen molar-refractivity contribution in [1.82, 2.24) is 4.98 Å². The third-order valence-electron chi connectivity index (χ3n) is 4.06. The van der Waals surface area contributed by atoms with Gasteiger partial charge in [-0.1, -0.05) is 12.1 Å². The topological polar surface area (TPSA) is 91.4 Å². The molecule has 0 radical (unpaired) electrons. The largest absolute Gasteiger partial charge is 0.507 e. The number of anilines is 1. The number of hydrogen-bond donors (Lipinski definition) is 3. The summed E-state index contributed by atoms with van der Waals surface area (Å²) in [4.78, 5) is 27.4. The number of aryl methyl sites for hydroxylation is 1. The van der Waals surface area contributed by atoms with Gasteiger partial charge in [0.2, 0.25) is 0 Å². The maximum atomic E-state index is 12.5. The van der Waals surface area contributed by atoms with Crippen molar-refractivity contribution in [2.24, 2.45) is 0 Å². The number of nitrogens with one attached hydrogen (secondary N) is 2. The number of rotatable bonds is 3. The molecule has 0 bridgehead atoms. The van der Waals surface area contributed by atoms with E-state index in [1.54, 1.807) is 24.3 Å². The number of H-pyrrole nitrogens is 1. The second-order valence-electron chi connectivity index (χ2n) is 5.50. The lowest BCUT2D eigenvalue weighted by Crippen LogP contribution is -2.26. The zero-order valence-electron chi connectivity index (χ0n) is 12.8. The SMILES string of the molecule is COc1ccccc1NC(=O)c1c(O)c2c([nH]c1=O)CCCC2. The van der Waals surface area contributed by atoms with Crippen molar-refractivity contribution in [2.75, 3.05) is 12.4 Å². The Balaban J connectivity index is 1.98. The van der Waals surface area contributed by atoms with Crippen molar-refractivity contribution in [3.05, 3.63) is 51.4 Å². The fraction of sp³-hybridized carbons (Fsp3) is 0.294. The molecule has 1 heterocycles. The van der Waals surface area contributed by atoms with Crippen molar-refractivity contribution in [2.45, 2.75) is 25.7 Å². The molecule has 0 unspecified atom stereocenters. The highest BCUT2D eigenvalue weighted by molar-refractivity contribution is 6.06. The molecule has 0 atom stereocenters. The molecule has 23 heavy (non-hydrogen) atoms. The first-order valence-electron chi connectivity index (χ1n) is 7.53. The van der Waals surface area contributed by atoms with Crippen LogP contribution >= 0.6 is 0 Å². The number of hydrogen-bond acceptors (Lipinski definition) is 4. The Bertz CT molecular complexity index is 811. The van der Waals surface area contributed by atoms with Crippen LogP contribution < -0.4 is 15.6 Å². The second-order valence-corrected chi connectivity index (χ2v) is 5.50. The lowest BCUT2D eigenvalue weighted by molar-refractivity contribution is 0.102. The Morgan fingerprint density at radius 2 is 2.00 bits per heavy atom. The molecule has 0 spiro atoms. The van der Waals surface area contributed by atoms with Gasteiger partial charge in [-0.25, -0.2) is 0 Å². The van der Waals surface area contributed by atoms with Crippen LogP contribution in [-0.2, 0) is 12.8 Å². The summed E-state index contributed by atoms with van der Waals surface area (Å²) in [6.45, 7) is 0. The first-order valence-corrected chi connectivity index (χ1v) is 7.53. The number of pyridine rings is 1. The highest BCUT2D eigenvalue weighted by Crippen LogP contribution is 2.30. The summed E-state index contributed by atoms with van der Waals surface area (Å²) in [5.41, 5.74) is 1.01. The van der Waals surface area contributed by atoms with Crippen LogP contribution in [0.4, 0.5) is 5.69 Å². The Labute approximate surface area is 133 Å². The highest BCUT2D eigenvalue weighted by atomic mass is 16.5. The van der Waals surface area contributed by atoms with Crippen molar-refractivity contribution in [3.63, 3.8) is 0 Å². The number of amides is 1. The van der Waals surface area contributed by atoms with Crippen LogP contribution in [0.15, 0.2) is 29.1 Å². The summed E-state index contributed by atoms with van der Waals surface area (Å²) < 4.78 is 5.17. The number of aromatic amines is 1. The minimum atomic E-state index is -0.651. The van der Waals surface area contributed by atoms with E-state index in [1.807, 2.05) is 0 Å². The predicted molar refractivity (Wildman–Crippen MR) is 86.3 cm³/mol. The van der Waals surface area contributed by atoms with E-state index in [9.17, 15) is 14.7 Å². The lowest BCUT2D eigenvalue weighted by Gasteiger charge is -2.18. The summed E-state index contributed by atoms with van der Waals surface area (Å²) >= 11 is 0. The molecule has 0 saturated carbocycles. The van der Waals surface area contributed by atoms with E-state index in [4.69, 9.17) is 4.74 Å². The van der Waals surface area contributed by atoms with Gasteiger partial charge in [-0.3, -0.25) is 9.59 Å². The Kier molecular flexibility index (Phi) is 4.06. The molecule has 3 N–H and O–H groups in total. The van der Waals surface area contributed by atoms with Crippen molar-refractivity contribution >= 4 is 11.6 Å². The van der Waals surface area contributed by atoms with Crippen LogP contribution in [0.25, 0.3) is 0 Å². The van der Waals surface area contributed by atoms with E-state index >= 15 is 0 Å². The summed E-state index contributed by atoms with van der Waals surface area (Å²) in [5, 5.41) is 13.0. The van der Waals surface area contributed by atoms with Gasteiger partial charge in [0.15, 0.2) is 0 Å². The molecule has 3 rings (SSSR count). The monoisotopic (exact) mass is 314 g/mol. The second kappa shape index (κ2) is 6.16. The van der Waals surface area contributed by atoms with E-state index < -0.39 is 11.5 Å². The third kappa shape index (κ3) is 2.79. The van der Waals surface area contributed by atoms with E-state index in [2.05, 4.69) is 10.3 Å². The van der Waals surface area contributed by atoms with Crippen molar-refractivity contribution in [3.8, 4) is 11.5 Å². The molecular weight excluding hydrogens is 296 g/mol. The zero-order valence-corrected chi connectivity index (χ0v) is 12.8. The Morgan fingerprint density at radius 3 is 2.78 bits per heavy atom. The van der Waals surface area contributed by atoms with Crippen LogP contribution in [0, 0.1) is 0 Å². The van der Waals surface area contributed by atoms with Crippen LogP contribution in [-0.4, -0.2) is 23.1 Å². The van der Waals surface area contributed by atoms with Gasteiger partial charge in [-0.05, 0) is 37.8 Å². The number of ether oxygens (including phenoxy) is 1. The number of para-hydroxylation sites is 2. The van der Waals surface area contributed by atoms with Gasteiger partial charge < -0.3 is 20.1 Å². The molecule has 120 valence electrons. The maximum absolute atomic E-state index is 12.5. The van der Waals surface area contributed by atoms with Crippen LogP contribution in [0.1, 0.15) is 34.5 Å². The molecule has 1 amide bonds. The minimum absolute atomic E-state index is 0.212. The average molecular weight is 314 g/mol. The number of methoxy groups -OCH3 is 1. The summed E-state index contributed by atoms with van der Waals surface area (Å²) in [5.74, 6) is -0.382. The normalized spacial score (nSPS) is 13.3. The number of aromatic hydroxyl groups is 1. The Hall–Kier alpha value is -2.76. The average Bonchev–Trinajstić information content (AvgIpc) is 2.55. The number of aromatic nitrogens is 1. The lowest BCUT2D eigenvalue weighted by atomic mass is 9.93. The molecular formula is C17H18N2O4. The van der Waals surface area contributed by atoms with Gasteiger partial charge in [0.1, 0.15) is 17.1 Å². The van der Waals surface area contributed by atoms with Gasteiger partial charge in [0.05, 0.1) is 12.8 Å². The first kappa shape index (κ1) is 15.1. The molecule has 1 aliphatic carbocycles. The molecule has 0 aliphatic heterocycles. The van der Waals surface area contributed by atoms with Crippen molar-refractivity contribution in [1.29, 1.82) is 0 Å². The van der Waals surface area contributed by atoms with Crippen LogP contribution in [0.3, 0.4) is 0 Å². The number of benzene rings is 1. The van der Waals surface area contributed by atoms with Gasteiger partial charge >= 0.3 is 0 Å². The van der Waals surface area contributed by atoms with Crippen molar-refractivity contribution < 1.29 is 14.6 Å². The fourth-order valence-corrected chi connectivity index (χ4v) is 2.91. The molecule has 1 aromatic heterocycles.